The zero-order chi connectivity index (χ0) is 11.5. The van der Waals surface area contributed by atoms with Gasteiger partial charge in [0.25, 0.3) is 0 Å². The van der Waals surface area contributed by atoms with Gasteiger partial charge in [-0.05, 0) is 33.9 Å². The summed E-state index contributed by atoms with van der Waals surface area (Å²) in [6, 6.07) is 0. The quantitative estimate of drug-likeness (QED) is 0.582. The van der Waals surface area contributed by atoms with Crippen LogP contribution >= 0.6 is 0 Å². The van der Waals surface area contributed by atoms with Crippen molar-refractivity contribution >= 4 is 5.91 Å². The molecule has 90 valence electrons. The van der Waals surface area contributed by atoms with Crippen LogP contribution in [0.4, 0.5) is 0 Å². The molecule has 0 aliphatic rings. The molecule has 0 aliphatic carbocycles. The molecule has 0 aromatic rings. The summed E-state index contributed by atoms with van der Waals surface area (Å²) in [4.78, 5) is 13.5. The van der Waals surface area contributed by atoms with Crippen LogP contribution in [0.3, 0.4) is 0 Å². The van der Waals surface area contributed by atoms with E-state index >= 15 is 0 Å². The van der Waals surface area contributed by atoms with Crippen molar-refractivity contribution in [1.82, 2.24) is 10.2 Å². The van der Waals surface area contributed by atoms with Gasteiger partial charge in [-0.15, -0.1) is 0 Å². The SMILES string of the molecule is CCOCCN(CC)C(=O)CCCNC. The Bertz CT molecular complexity index is 163. The number of nitrogens with one attached hydrogen (secondary N) is 1. The van der Waals surface area contributed by atoms with E-state index in [9.17, 15) is 4.79 Å². The van der Waals surface area contributed by atoms with Gasteiger partial charge in [0.2, 0.25) is 5.91 Å². The molecule has 1 N–H and O–H groups in total. The van der Waals surface area contributed by atoms with Crippen LogP contribution < -0.4 is 5.32 Å². The normalized spacial score (nSPS) is 10.3. The Labute approximate surface area is 93.0 Å². The maximum atomic E-state index is 11.7. The largest absolute Gasteiger partial charge is 0.380 e. The lowest BCUT2D eigenvalue weighted by atomic mass is 10.2. The third kappa shape index (κ3) is 7.33. The fourth-order valence-corrected chi connectivity index (χ4v) is 1.35. The van der Waals surface area contributed by atoms with E-state index in [0.717, 1.165) is 19.5 Å². The maximum absolute atomic E-state index is 11.7. The van der Waals surface area contributed by atoms with E-state index in [-0.39, 0.29) is 5.91 Å². The zero-order valence-corrected chi connectivity index (χ0v) is 10.2. The smallest absolute Gasteiger partial charge is 0.222 e. The highest BCUT2D eigenvalue weighted by Gasteiger charge is 2.09. The van der Waals surface area contributed by atoms with Crippen LogP contribution in [0.25, 0.3) is 0 Å². The van der Waals surface area contributed by atoms with Crippen molar-refractivity contribution in [3.63, 3.8) is 0 Å². The number of nitrogens with zero attached hydrogens (tertiary/aromatic N) is 1. The minimum atomic E-state index is 0.229. The minimum Gasteiger partial charge on any atom is -0.380 e. The Morgan fingerprint density at radius 1 is 1.40 bits per heavy atom. The van der Waals surface area contributed by atoms with Gasteiger partial charge in [-0.1, -0.05) is 0 Å². The molecule has 0 heterocycles. The van der Waals surface area contributed by atoms with Crippen LogP contribution in [0, 0.1) is 0 Å². The number of hydrogen-bond acceptors (Lipinski definition) is 3. The summed E-state index contributed by atoms with van der Waals surface area (Å²) < 4.78 is 5.24. The number of rotatable bonds is 9. The van der Waals surface area contributed by atoms with Crippen LogP contribution in [0.5, 0.6) is 0 Å². The summed E-state index contributed by atoms with van der Waals surface area (Å²) in [5.74, 6) is 0.229. The second kappa shape index (κ2) is 9.93. The average molecular weight is 216 g/mol. The van der Waals surface area contributed by atoms with Gasteiger partial charge < -0.3 is 15.0 Å². The van der Waals surface area contributed by atoms with E-state index < -0.39 is 0 Å². The molecule has 15 heavy (non-hydrogen) atoms. The fraction of sp³-hybridized carbons (Fsp3) is 0.909. The lowest BCUT2D eigenvalue weighted by molar-refractivity contribution is -0.131. The number of amides is 1. The van der Waals surface area contributed by atoms with E-state index in [4.69, 9.17) is 4.74 Å². The van der Waals surface area contributed by atoms with Gasteiger partial charge in [0, 0.05) is 26.1 Å². The maximum Gasteiger partial charge on any atom is 0.222 e. The summed E-state index contributed by atoms with van der Waals surface area (Å²) in [5, 5.41) is 3.04. The first-order valence-electron chi connectivity index (χ1n) is 5.76. The van der Waals surface area contributed by atoms with Crippen molar-refractivity contribution in [1.29, 1.82) is 0 Å². The average Bonchev–Trinajstić information content (AvgIpc) is 2.24. The number of carbonyl (C=O) groups excluding carboxylic acids is 1. The van der Waals surface area contributed by atoms with Gasteiger partial charge in [-0.25, -0.2) is 0 Å². The van der Waals surface area contributed by atoms with Crippen LogP contribution in [0.2, 0.25) is 0 Å². The molecule has 0 aromatic heterocycles. The fourth-order valence-electron chi connectivity index (χ4n) is 1.35. The van der Waals surface area contributed by atoms with Crippen molar-refractivity contribution < 1.29 is 9.53 Å². The molecule has 0 spiro atoms. The number of carbonyl (C=O) groups is 1. The molecule has 4 heteroatoms. The second-order valence-electron chi connectivity index (χ2n) is 3.38. The van der Waals surface area contributed by atoms with Crippen molar-refractivity contribution in [2.24, 2.45) is 0 Å². The third-order valence-electron chi connectivity index (χ3n) is 2.26. The van der Waals surface area contributed by atoms with Crippen LogP contribution in [0.15, 0.2) is 0 Å². The van der Waals surface area contributed by atoms with E-state index in [2.05, 4.69) is 5.32 Å². The van der Waals surface area contributed by atoms with Crippen LogP contribution in [0.1, 0.15) is 26.7 Å². The Morgan fingerprint density at radius 2 is 2.13 bits per heavy atom. The van der Waals surface area contributed by atoms with E-state index in [1.54, 1.807) is 0 Å². The number of likely N-dealkylation sites (N-methyl/N-ethyl adjacent to an activating group) is 1. The molecule has 0 radical (unpaired) electrons. The first kappa shape index (κ1) is 14.4. The predicted molar refractivity (Wildman–Crippen MR) is 61.9 cm³/mol. The van der Waals surface area contributed by atoms with Gasteiger partial charge in [0.15, 0.2) is 0 Å². The molecular formula is C11H24N2O2. The lowest BCUT2D eigenvalue weighted by Crippen LogP contribution is -2.34. The van der Waals surface area contributed by atoms with E-state index in [0.29, 0.717) is 26.2 Å². The molecule has 0 saturated heterocycles. The predicted octanol–water partition coefficient (Wildman–Crippen LogP) is 0.871. The Hall–Kier alpha value is -0.610. The highest BCUT2D eigenvalue weighted by Crippen LogP contribution is 1.97. The van der Waals surface area contributed by atoms with Crippen molar-refractivity contribution in [2.75, 3.05) is 39.9 Å². The summed E-state index contributed by atoms with van der Waals surface area (Å²) in [6.07, 6.45) is 1.53. The molecular weight excluding hydrogens is 192 g/mol. The van der Waals surface area contributed by atoms with Gasteiger partial charge in [0.1, 0.15) is 0 Å². The van der Waals surface area contributed by atoms with E-state index in [1.807, 2.05) is 25.8 Å². The first-order valence-corrected chi connectivity index (χ1v) is 5.76. The lowest BCUT2D eigenvalue weighted by Gasteiger charge is -2.20. The summed E-state index contributed by atoms with van der Waals surface area (Å²) >= 11 is 0. The van der Waals surface area contributed by atoms with Crippen molar-refractivity contribution in [3.05, 3.63) is 0 Å². The van der Waals surface area contributed by atoms with Gasteiger partial charge in [-0.2, -0.15) is 0 Å². The number of ether oxygens (including phenoxy) is 1. The van der Waals surface area contributed by atoms with Gasteiger partial charge >= 0.3 is 0 Å². The first-order chi connectivity index (χ1) is 7.26. The molecule has 0 aliphatic heterocycles. The van der Waals surface area contributed by atoms with Gasteiger partial charge in [0.05, 0.1) is 6.61 Å². The topological polar surface area (TPSA) is 41.6 Å². The molecule has 0 rings (SSSR count). The highest BCUT2D eigenvalue weighted by atomic mass is 16.5. The molecule has 0 aromatic carbocycles. The second-order valence-corrected chi connectivity index (χ2v) is 3.38. The zero-order valence-electron chi connectivity index (χ0n) is 10.2. The molecule has 0 fully saturated rings. The molecule has 0 unspecified atom stereocenters. The highest BCUT2D eigenvalue weighted by molar-refractivity contribution is 5.76. The summed E-state index contributed by atoms with van der Waals surface area (Å²) in [7, 11) is 1.90. The molecule has 1 amide bonds. The molecule has 0 atom stereocenters. The van der Waals surface area contributed by atoms with Crippen LogP contribution in [-0.2, 0) is 9.53 Å². The van der Waals surface area contributed by atoms with E-state index in [1.165, 1.54) is 0 Å². The Kier molecular flexibility index (Phi) is 9.52. The van der Waals surface area contributed by atoms with Gasteiger partial charge in [-0.3, -0.25) is 4.79 Å². The van der Waals surface area contributed by atoms with Crippen molar-refractivity contribution in [3.8, 4) is 0 Å². The summed E-state index contributed by atoms with van der Waals surface area (Å²) in [5.41, 5.74) is 0. The Morgan fingerprint density at radius 3 is 2.67 bits per heavy atom. The monoisotopic (exact) mass is 216 g/mol. The number of hydrogen-bond donors (Lipinski definition) is 1. The molecule has 0 saturated carbocycles. The van der Waals surface area contributed by atoms with Crippen LogP contribution in [-0.4, -0.2) is 50.7 Å². The minimum absolute atomic E-state index is 0.229. The molecule has 0 bridgehead atoms. The Balaban J connectivity index is 3.67. The standard InChI is InChI=1S/C11H24N2O2/c1-4-13(9-10-15-5-2)11(14)7-6-8-12-3/h12H,4-10H2,1-3H3. The third-order valence-corrected chi connectivity index (χ3v) is 2.26. The van der Waals surface area contributed by atoms with Crippen molar-refractivity contribution in [2.45, 2.75) is 26.7 Å². The summed E-state index contributed by atoms with van der Waals surface area (Å²) in [6.45, 7) is 7.70. The molecule has 4 nitrogen and oxygen atoms in total.